The monoisotopic (exact) mass is 1570 g/mol. The first kappa shape index (κ1) is 73.8. The molecule has 0 amide bonds. The van der Waals surface area contributed by atoms with Crippen LogP contribution in [0.15, 0.2) is 303 Å². The van der Waals surface area contributed by atoms with Crippen molar-refractivity contribution >= 4 is 135 Å². The van der Waals surface area contributed by atoms with Gasteiger partial charge in [0.15, 0.2) is 0 Å². The lowest BCUT2D eigenvalue weighted by atomic mass is 9.26. The predicted octanol–water partition coefficient (Wildman–Crippen LogP) is 26.3. The van der Waals surface area contributed by atoms with Crippen LogP contribution in [0.5, 0.6) is 0 Å². The molecule has 0 saturated heterocycles. The van der Waals surface area contributed by atoms with Crippen molar-refractivity contribution in [2.75, 3.05) is 0 Å². The first-order chi connectivity index (χ1) is 59.5. The van der Waals surface area contributed by atoms with Crippen molar-refractivity contribution in [2.45, 2.75) is 201 Å². The fraction of sp³-hybridized carbons (Fsp3) is 0.271. The van der Waals surface area contributed by atoms with E-state index in [0.717, 1.165) is 0 Å². The summed E-state index contributed by atoms with van der Waals surface area (Å²) in [4.78, 5) is 0. The number of fused-ring (bicyclic) bond motifs is 18. The van der Waals surface area contributed by atoms with Gasteiger partial charge in [0.05, 0.1) is 0 Å². The molecule has 0 bridgehead atoms. The maximum Gasteiger partial charge on any atom is 0.216 e. The van der Waals surface area contributed by atoms with Gasteiger partial charge in [-0.05, 0) is 222 Å². The van der Waals surface area contributed by atoms with Crippen LogP contribution in [0.1, 0.15) is 180 Å². The SMILES string of the molecule is CC12CCCCC1(C)c1cc(-c3ccc4c5c(-c6ccccc6)c6c7ccc(-c8ccc9c(c8)C8(C)CCCCC8(C)B9c8ccccc8)c8c(-c9ccc%10c(c9)C9(C)CCCCC9(C)B%10c9ccccc9)ccc(c6c(-c6ccccc6)c5c5ccc(-c6ccc9c(c6)C6(C)CCCCC6(C)B9c6ccccc6)c3c45)c87)ccc1B2c1ccccc1. The molecule has 4 aliphatic heterocycles. The molecule has 4 aliphatic carbocycles. The number of hydrogen-bond donors (Lipinski definition) is 0. The van der Waals surface area contributed by atoms with Crippen LogP contribution in [-0.4, -0.2) is 26.9 Å². The van der Waals surface area contributed by atoms with E-state index in [0.29, 0.717) is 26.9 Å². The molecule has 0 spiro atoms. The molecule has 8 unspecified atom stereocenters. The molecule has 17 aromatic carbocycles. The van der Waals surface area contributed by atoms with E-state index in [4.69, 9.17) is 0 Å². The van der Waals surface area contributed by atoms with Gasteiger partial charge in [-0.25, -0.2) is 0 Å². The second-order valence-corrected chi connectivity index (χ2v) is 41.5. The van der Waals surface area contributed by atoms with Gasteiger partial charge in [0, 0.05) is 0 Å². The molecule has 4 fully saturated rings. The van der Waals surface area contributed by atoms with Crippen molar-refractivity contribution in [2.24, 2.45) is 0 Å². The summed E-state index contributed by atoms with van der Waals surface area (Å²) in [5.41, 5.74) is 34.0. The zero-order valence-electron chi connectivity index (χ0n) is 72.5. The zero-order chi connectivity index (χ0) is 81.8. The van der Waals surface area contributed by atoms with Crippen LogP contribution in [0.2, 0.25) is 21.3 Å². The number of hydrogen-bond acceptors (Lipinski definition) is 0. The van der Waals surface area contributed by atoms with Crippen LogP contribution in [0.4, 0.5) is 0 Å². The van der Waals surface area contributed by atoms with E-state index >= 15 is 0 Å². The summed E-state index contributed by atoms with van der Waals surface area (Å²) in [5, 5.41) is 16.5. The second kappa shape index (κ2) is 26.3. The van der Waals surface area contributed by atoms with Gasteiger partial charge in [-0.2, -0.15) is 0 Å². The first-order valence-electron chi connectivity index (χ1n) is 46.9. The molecule has 0 radical (unpaired) electrons. The maximum absolute atomic E-state index is 2.73. The van der Waals surface area contributed by atoms with Crippen LogP contribution in [-0.2, 0) is 21.7 Å². The lowest BCUT2D eigenvalue weighted by Crippen LogP contribution is -2.51. The first-order valence-corrected chi connectivity index (χ1v) is 46.9. The van der Waals surface area contributed by atoms with Gasteiger partial charge in [0.1, 0.15) is 0 Å². The lowest BCUT2D eigenvalue weighted by Gasteiger charge is -2.48. The van der Waals surface area contributed by atoms with Crippen LogP contribution in [0, 0.1) is 0 Å². The Kier molecular flexibility index (Phi) is 15.9. The van der Waals surface area contributed by atoms with Crippen LogP contribution in [0.25, 0.3) is 131 Å². The Hall–Kier alpha value is -10.9. The Labute approximate surface area is 723 Å². The Morgan fingerprint density at radius 1 is 0.189 bits per heavy atom. The van der Waals surface area contributed by atoms with Crippen molar-refractivity contribution in [3.8, 4) is 66.8 Å². The van der Waals surface area contributed by atoms with Gasteiger partial charge >= 0.3 is 0 Å². The molecular weight excluding hydrogens is 1460 g/mol. The maximum atomic E-state index is 2.73. The Balaban J connectivity index is 0.795. The average molecular weight is 1570 g/mol. The molecule has 8 atom stereocenters. The molecule has 0 N–H and O–H groups in total. The van der Waals surface area contributed by atoms with Gasteiger partial charge < -0.3 is 0 Å². The summed E-state index contributed by atoms with van der Waals surface area (Å²) in [6.45, 7) is 22.6. The highest BCUT2D eigenvalue weighted by Gasteiger charge is 2.64. The summed E-state index contributed by atoms with van der Waals surface area (Å²) >= 11 is 0. The minimum atomic E-state index is 0.00419. The fourth-order valence-corrected chi connectivity index (χ4v) is 30.1. The van der Waals surface area contributed by atoms with E-state index < -0.39 is 0 Å². The van der Waals surface area contributed by atoms with Gasteiger partial charge in [0.25, 0.3) is 0 Å². The average Bonchev–Trinajstić information content (AvgIpc) is 1.49. The molecule has 17 aromatic rings. The summed E-state index contributed by atoms with van der Waals surface area (Å²) in [7, 11) is 0. The van der Waals surface area contributed by atoms with Gasteiger partial charge in [-0.1, -0.05) is 479 Å². The third-order valence-electron chi connectivity index (χ3n) is 36.7. The fourth-order valence-electron chi connectivity index (χ4n) is 30.1. The molecule has 25 rings (SSSR count). The van der Waals surface area contributed by atoms with E-state index in [2.05, 4.69) is 359 Å². The molecule has 8 aliphatic rings. The highest BCUT2D eigenvalue weighted by atomic mass is 14.6. The van der Waals surface area contributed by atoms with E-state index in [1.807, 2.05) is 0 Å². The normalized spacial score (nSPS) is 25.7. The van der Waals surface area contributed by atoms with Crippen molar-refractivity contribution in [1.29, 1.82) is 0 Å². The van der Waals surface area contributed by atoms with E-state index in [9.17, 15) is 0 Å². The predicted molar refractivity (Wildman–Crippen MR) is 529 cm³/mol. The van der Waals surface area contributed by atoms with Crippen molar-refractivity contribution in [3.05, 3.63) is 326 Å². The van der Waals surface area contributed by atoms with Crippen molar-refractivity contribution in [1.82, 2.24) is 0 Å². The summed E-state index contributed by atoms with van der Waals surface area (Å²) in [5.74, 6) is 0. The minimum Gasteiger partial charge on any atom is -0.0735 e. The second-order valence-electron chi connectivity index (χ2n) is 41.5. The van der Waals surface area contributed by atoms with Crippen LogP contribution < -0.4 is 43.7 Å². The third-order valence-corrected chi connectivity index (χ3v) is 36.7. The summed E-state index contributed by atoms with van der Waals surface area (Å²) in [6, 6.07) is 122. The van der Waals surface area contributed by atoms with E-state index in [1.54, 1.807) is 22.3 Å². The Morgan fingerprint density at radius 2 is 0.402 bits per heavy atom. The van der Waals surface area contributed by atoms with E-state index in [1.165, 1.54) is 278 Å². The quantitative estimate of drug-likeness (QED) is 0.120. The van der Waals surface area contributed by atoms with E-state index in [-0.39, 0.29) is 42.9 Å². The summed E-state index contributed by atoms with van der Waals surface area (Å²) in [6.07, 6.45) is 19.8. The smallest absolute Gasteiger partial charge is 0.0735 e. The van der Waals surface area contributed by atoms with Crippen molar-refractivity contribution < 1.29 is 0 Å². The topological polar surface area (TPSA) is 0 Å². The van der Waals surface area contributed by atoms with Gasteiger partial charge in [0.2, 0.25) is 26.9 Å². The number of benzene rings is 15. The molecule has 4 heteroatoms. The molecule has 4 heterocycles. The Bertz CT molecular complexity index is 6370. The zero-order valence-corrected chi connectivity index (χ0v) is 72.5. The highest BCUT2D eigenvalue weighted by Crippen LogP contribution is 2.68. The summed E-state index contributed by atoms with van der Waals surface area (Å²) < 4.78 is 0. The van der Waals surface area contributed by atoms with Gasteiger partial charge in [-0.3, -0.25) is 0 Å². The molecule has 122 heavy (non-hydrogen) atoms. The molecule has 0 nitrogen and oxygen atoms in total. The van der Waals surface area contributed by atoms with Crippen LogP contribution in [0.3, 0.4) is 0 Å². The standard InChI is InChI=1S/C118H106B4/c1-111-63-27-31-67-115(111,5)119(81-39-19-11-20-40-81)97-59-47-77(71-93(97)111)85-51-55-89-105-90(56-52-86(103(85)105)78-48-60-98-94(72-78)112(2)64-28-32-68-116(112,6)120(98)82-41-21-12-22-42-82)108-102(76-37-17-10-18-38-76)110-92-58-54-88(80-50-62-100-96(74-80)114(4)66-30-34-70-118(114,8)122(100)84-45-25-14-26-46-84)104-87(53-57-91(106(92)104)109(110)101(107(89)108)75-35-15-9-16-36-75)79-49-61-99-95(73-79)113(3)65-29-33-69-117(113,7)121(99)83-43-23-13-24-44-83/h9-26,35-62,71-74H,27-34,63-70H2,1-8H3. The lowest BCUT2D eigenvalue weighted by molar-refractivity contribution is 0.243. The van der Waals surface area contributed by atoms with Crippen molar-refractivity contribution in [3.63, 3.8) is 0 Å². The van der Waals surface area contributed by atoms with Gasteiger partial charge in [-0.15, -0.1) is 0 Å². The highest BCUT2D eigenvalue weighted by molar-refractivity contribution is 6.91. The molecule has 4 saturated carbocycles. The molecule has 0 aromatic heterocycles. The Morgan fingerprint density at radius 3 is 0.631 bits per heavy atom. The minimum absolute atomic E-state index is 0.00419. The molecule has 590 valence electrons. The third kappa shape index (κ3) is 9.56. The number of rotatable bonds is 10. The molecular formula is C118H106B4. The largest absolute Gasteiger partial charge is 0.216 e. The van der Waals surface area contributed by atoms with Crippen LogP contribution >= 0.6 is 0 Å².